The molecule has 2 amide bonds. The smallest absolute Gasteiger partial charge is 0.329 e. The lowest BCUT2D eigenvalue weighted by atomic mass is 10.1. The minimum Gasteiger partial charge on any atom is -0.465 e. The summed E-state index contributed by atoms with van der Waals surface area (Å²) in [7, 11) is 0. The van der Waals surface area contributed by atoms with Gasteiger partial charge in [-0.2, -0.15) is 0 Å². The Bertz CT molecular complexity index is 1040. The van der Waals surface area contributed by atoms with E-state index in [9.17, 15) is 19.2 Å². The van der Waals surface area contributed by atoms with Crippen molar-refractivity contribution in [3.05, 3.63) is 40.9 Å². The van der Waals surface area contributed by atoms with Crippen molar-refractivity contribution < 1.29 is 28.7 Å². The summed E-state index contributed by atoms with van der Waals surface area (Å²) in [6.45, 7) is 5.34. The van der Waals surface area contributed by atoms with E-state index in [0.717, 1.165) is 27.6 Å². The number of thioether (sulfide) groups is 1. The Morgan fingerprint density at radius 3 is 2.53 bits per heavy atom. The number of aromatic nitrogens is 1. The number of carbonyl (C=O) groups is 4. The summed E-state index contributed by atoms with van der Waals surface area (Å²) >= 11 is 0.770. The van der Waals surface area contributed by atoms with Crippen LogP contribution in [0.5, 0.6) is 0 Å². The number of fused-ring (bicyclic) bond motifs is 1. The highest BCUT2D eigenvalue weighted by Crippen LogP contribution is 2.35. The number of rotatable bonds is 7. The molecular formula is C21H22N2O6S. The molecule has 1 aromatic heterocycles. The quantitative estimate of drug-likeness (QED) is 0.492. The number of amides is 2. The minimum atomic E-state index is -1.01. The molecule has 1 atom stereocenters. The third-order valence-corrected chi connectivity index (χ3v) is 5.43. The molecule has 9 heteroatoms. The first-order valence-corrected chi connectivity index (χ1v) is 10.4. The van der Waals surface area contributed by atoms with E-state index >= 15 is 0 Å². The van der Waals surface area contributed by atoms with Crippen molar-refractivity contribution in [3.63, 3.8) is 0 Å². The van der Waals surface area contributed by atoms with Gasteiger partial charge in [0.1, 0.15) is 12.6 Å². The Hall–Kier alpha value is -3.07. The van der Waals surface area contributed by atoms with Gasteiger partial charge in [-0.15, -0.1) is 0 Å². The van der Waals surface area contributed by atoms with Crippen LogP contribution >= 0.6 is 11.8 Å². The minimum absolute atomic E-state index is 0.0313. The maximum atomic E-state index is 12.8. The van der Waals surface area contributed by atoms with Crippen LogP contribution in [0.4, 0.5) is 4.79 Å². The van der Waals surface area contributed by atoms with Gasteiger partial charge in [0, 0.05) is 22.7 Å². The maximum absolute atomic E-state index is 12.8. The summed E-state index contributed by atoms with van der Waals surface area (Å²) in [5.74, 6) is -1.55. The van der Waals surface area contributed by atoms with Crippen LogP contribution in [0.3, 0.4) is 0 Å². The zero-order chi connectivity index (χ0) is 21.8. The normalized spacial score (nSPS) is 16.4. The topological polar surface area (TPSA) is 94.9 Å². The largest absolute Gasteiger partial charge is 0.465 e. The second-order valence-electron chi connectivity index (χ2n) is 6.51. The molecule has 158 valence electrons. The second-order valence-corrected chi connectivity index (χ2v) is 7.51. The molecular weight excluding hydrogens is 408 g/mol. The summed E-state index contributed by atoms with van der Waals surface area (Å²) in [5.41, 5.74) is 1.49. The van der Waals surface area contributed by atoms with Crippen LogP contribution in [0, 0.1) is 0 Å². The van der Waals surface area contributed by atoms with Crippen LogP contribution in [-0.2, 0) is 30.4 Å². The summed E-state index contributed by atoms with van der Waals surface area (Å²) in [5, 5.41) is 0.300. The van der Waals surface area contributed by atoms with Crippen molar-refractivity contribution in [2.45, 2.75) is 33.4 Å². The van der Waals surface area contributed by atoms with Crippen molar-refractivity contribution in [2.75, 3.05) is 13.2 Å². The molecule has 0 unspecified atom stereocenters. The Morgan fingerprint density at radius 1 is 1.13 bits per heavy atom. The van der Waals surface area contributed by atoms with E-state index in [4.69, 9.17) is 9.47 Å². The Balaban J connectivity index is 1.93. The van der Waals surface area contributed by atoms with E-state index in [0.29, 0.717) is 5.56 Å². The molecule has 0 radical (unpaired) electrons. The molecule has 0 spiro atoms. The SMILES string of the molecule is CCOC(=O)Cn1cc(/C=C2/SC(=O)N([C@@H](C)C(=O)OCC)C2=O)c2ccccc21. The molecule has 2 heterocycles. The maximum Gasteiger partial charge on any atom is 0.329 e. The number of carbonyl (C=O) groups excluding carboxylic acids is 4. The number of para-hydroxylation sites is 1. The highest BCUT2D eigenvalue weighted by molar-refractivity contribution is 8.18. The molecule has 1 aliphatic rings. The van der Waals surface area contributed by atoms with Gasteiger partial charge in [0.15, 0.2) is 0 Å². The predicted molar refractivity (Wildman–Crippen MR) is 112 cm³/mol. The van der Waals surface area contributed by atoms with Gasteiger partial charge in [-0.25, -0.2) is 4.79 Å². The number of hydrogen-bond acceptors (Lipinski definition) is 7. The Morgan fingerprint density at radius 2 is 1.83 bits per heavy atom. The molecule has 1 fully saturated rings. The fraction of sp³-hybridized carbons (Fsp3) is 0.333. The van der Waals surface area contributed by atoms with Gasteiger partial charge >= 0.3 is 11.9 Å². The van der Waals surface area contributed by atoms with Crippen molar-refractivity contribution in [1.82, 2.24) is 9.47 Å². The van der Waals surface area contributed by atoms with E-state index in [-0.39, 0.29) is 30.6 Å². The van der Waals surface area contributed by atoms with Crippen LogP contribution in [0.2, 0.25) is 0 Å². The fourth-order valence-corrected chi connectivity index (χ4v) is 4.09. The molecule has 1 aliphatic heterocycles. The number of ether oxygens (including phenoxy) is 2. The summed E-state index contributed by atoms with van der Waals surface area (Å²) in [6.07, 6.45) is 3.34. The van der Waals surface area contributed by atoms with Gasteiger partial charge < -0.3 is 14.0 Å². The van der Waals surface area contributed by atoms with E-state index < -0.39 is 23.2 Å². The second kappa shape index (κ2) is 9.17. The molecule has 0 aliphatic carbocycles. The standard InChI is InChI=1S/C21H22N2O6S/c1-4-28-18(24)12-22-11-14(15-8-6-7-9-16(15)22)10-17-19(25)23(21(27)30-17)13(3)20(26)29-5-2/h6-11,13H,4-5,12H2,1-3H3/b17-10+/t13-/m0/s1. The van der Waals surface area contributed by atoms with Crippen LogP contribution in [0.25, 0.3) is 17.0 Å². The van der Waals surface area contributed by atoms with Crippen molar-refractivity contribution in [3.8, 4) is 0 Å². The molecule has 0 bridgehead atoms. The lowest BCUT2D eigenvalue weighted by Crippen LogP contribution is -2.42. The highest BCUT2D eigenvalue weighted by Gasteiger charge is 2.41. The molecule has 8 nitrogen and oxygen atoms in total. The number of imide groups is 1. The molecule has 30 heavy (non-hydrogen) atoms. The predicted octanol–water partition coefficient (Wildman–Crippen LogP) is 3.19. The van der Waals surface area contributed by atoms with Crippen LogP contribution in [0.15, 0.2) is 35.4 Å². The van der Waals surface area contributed by atoms with Gasteiger partial charge in [0.05, 0.1) is 18.1 Å². The number of esters is 2. The average molecular weight is 430 g/mol. The van der Waals surface area contributed by atoms with Gasteiger partial charge in [-0.05, 0) is 44.7 Å². The van der Waals surface area contributed by atoms with E-state index in [1.54, 1.807) is 30.7 Å². The summed E-state index contributed by atoms with van der Waals surface area (Å²) in [4.78, 5) is 50.2. The molecule has 2 aromatic rings. The number of benzene rings is 1. The van der Waals surface area contributed by atoms with Crippen LogP contribution in [-0.4, -0.2) is 51.8 Å². The monoisotopic (exact) mass is 430 g/mol. The van der Waals surface area contributed by atoms with Crippen molar-refractivity contribution in [2.24, 2.45) is 0 Å². The summed E-state index contributed by atoms with van der Waals surface area (Å²) in [6, 6.07) is 6.42. The molecule has 0 saturated carbocycles. The number of hydrogen-bond donors (Lipinski definition) is 0. The average Bonchev–Trinajstić information content (AvgIpc) is 3.19. The lowest BCUT2D eigenvalue weighted by molar-refractivity contribution is -0.150. The number of nitrogens with zero attached hydrogens (tertiary/aromatic N) is 2. The third-order valence-electron chi connectivity index (χ3n) is 4.55. The molecule has 1 aromatic carbocycles. The molecule has 3 rings (SSSR count). The van der Waals surface area contributed by atoms with Crippen LogP contribution in [0.1, 0.15) is 26.3 Å². The van der Waals surface area contributed by atoms with E-state index in [2.05, 4.69) is 0 Å². The molecule has 0 N–H and O–H groups in total. The Labute approximate surface area is 177 Å². The van der Waals surface area contributed by atoms with Gasteiger partial charge in [-0.1, -0.05) is 18.2 Å². The molecule has 1 saturated heterocycles. The van der Waals surface area contributed by atoms with E-state index in [1.807, 2.05) is 24.3 Å². The zero-order valence-electron chi connectivity index (χ0n) is 16.9. The van der Waals surface area contributed by atoms with Gasteiger partial charge in [0.2, 0.25) is 0 Å². The third kappa shape index (κ3) is 4.25. The van der Waals surface area contributed by atoms with Crippen molar-refractivity contribution >= 4 is 51.8 Å². The highest BCUT2D eigenvalue weighted by atomic mass is 32.2. The van der Waals surface area contributed by atoms with Gasteiger partial charge in [0.25, 0.3) is 11.1 Å². The first-order valence-electron chi connectivity index (χ1n) is 9.54. The van der Waals surface area contributed by atoms with Crippen molar-refractivity contribution in [1.29, 1.82) is 0 Å². The first-order chi connectivity index (χ1) is 14.4. The summed E-state index contributed by atoms with van der Waals surface area (Å²) < 4.78 is 11.7. The van der Waals surface area contributed by atoms with Gasteiger partial charge in [-0.3, -0.25) is 19.3 Å². The fourth-order valence-electron chi connectivity index (χ4n) is 3.19. The van der Waals surface area contributed by atoms with Crippen LogP contribution < -0.4 is 0 Å². The first kappa shape index (κ1) is 21.6. The lowest BCUT2D eigenvalue weighted by Gasteiger charge is -2.19. The zero-order valence-corrected chi connectivity index (χ0v) is 17.7. The van der Waals surface area contributed by atoms with E-state index in [1.165, 1.54) is 6.92 Å². The Kier molecular flexibility index (Phi) is 6.61.